The Labute approximate surface area is 346 Å². The SMILES string of the molecule is [2H]C([2H])(NC(=O)c1ccc2ncc(C(=O)Nc3cc(OC)c(OC)cc3C(=O)Nc3ccc(CCN4CCc5cc(OC)c(OC)cc5C4)cc3)cc2c1)C([2H])([2H])SS(C)(=O)=O. The van der Waals surface area contributed by atoms with Gasteiger partial charge in [0, 0.05) is 69.7 Å². The summed E-state index contributed by atoms with van der Waals surface area (Å²) in [5, 5.41) is 7.86. The molecular weight excluding hydrogens is 783 g/mol. The van der Waals surface area contributed by atoms with E-state index in [-0.39, 0.29) is 44.7 Å². The van der Waals surface area contributed by atoms with E-state index in [4.69, 9.17) is 24.4 Å². The zero-order valence-electron chi connectivity index (χ0n) is 36.4. The van der Waals surface area contributed by atoms with Gasteiger partial charge < -0.3 is 34.9 Å². The summed E-state index contributed by atoms with van der Waals surface area (Å²) in [6.07, 6.45) is 3.73. The van der Waals surface area contributed by atoms with Gasteiger partial charge in [0.05, 0.1) is 53.5 Å². The van der Waals surface area contributed by atoms with Gasteiger partial charge in [0.25, 0.3) is 17.7 Å². The second-order valence-corrected chi connectivity index (χ2v) is 17.3. The maximum Gasteiger partial charge on any atom is 0.257 e. The molecule has 0 bridgehead atoms. The van der Waals surface area contributed by atoms with Crippen LogP contribution in [0.1, 0.15) is 53.2 Å². The zero-order valence-corrected chi connectivity index (χ0v) is 34.1. The number of carbonyl (C=O) groups is 3. The van der Waals surface area contributed by atoms with E-state index in [2.05, 4.69) is 20.5 Å². The van der Waals surface area contributed by atoms with Crippen LogP contribution in [-0.2, 0) is 28.3 Å². The molecule has 0 saturated heterocycles. The van der Waals surface area contributed by atoms with Gasteiger partial charge in [-0.15, -0.1) is 0 Å². The average molecular weight is 832 g/mol. The lowest BCUT2D eigenvalue weighted by atomic mass is 9.98. The van der Waals surface area contributed by atoms with E-state index in [1.807, 2.05) is 41.7 Å². The van der Waals surface area contributed by atoms with E-state index in [9.17, 15) is 22.8 Å². The first-order chi connectivity index (χ1) is 29.3. The highest BCUT2D eigenvalue weighted by Crippen LogP contribution is 2.35. The minimum atomic E-state index is -4.01. The summed E-state index contributed by atoms with van der Waals surface area (Å²) in [7, 11) is 1.82. The number of methoxy groups -OCH3 is 4. The number of aromatic nitrogens is 1. The molecule has 3 amide bonds. The summed E-state index contributed by atoms with van der Waals surface area (Å²) in [5.41, 5.74) is 1.52. The summed E-state index contributed by atoms with van der Waals surface area (Å²) < 4.78 is 77.2. The van der Waals surface area contributed by atoms with Crippen LogP contribution in [0, 0.1) is 0 Å². The van der Waals surface area contributed by atoms with E-state index in [0.29, 0.717) is 22.3 Å². The molecule has 4 aromatic carbocycles. The highest BCUT2D eigenvalue weighted by Gasteiger charge is 2.22. The van der Waals surface area contributed by atoms with Crippen LogP contribution in [0.2, 0.25) is 0 Å². The van der Waals surface area contributed by atoms with Crippen molar-refractivity contribution in [2.75, 3.05) is 70.6 Å². The maximum absolute atomic E-state index is 13.8. The molecule has 2 heterocycles. The van der Waals surface area contributed by atoms with Crippen LogP contribution in [0.3, 0.4) is 0 Å². The molecule has 0 radical (unpaired) electrons. The molecule has 58 heavy (non-hydrogen) atoms. The Bertz CT molecular complexity index is 2630. The number of nitrogens with one attached hydrogen (secondary N) is 3. The average Bonchev–Trinajstić information content (AvgIpc) is 3.23. The van der Waals surface area contributed by atoms with Crippen molar-refractivity contribution in [1.29, 1.82) is 0 Å². The number of anilines is 2. The maximum atomic E-state index is 13.8. The molecule has 0 atom stereocenters. The summed E-state index contributed by atoms with van der Waals surface area (Å²) in [4.78, 5) is 47.3. The quantitative estimate of drug-likeness (QED) is 0.102. The van der Waals surface area contributed by atoms with Crippen molar-refractivity contribution < 1.29 is 47.2 Å². The highest BCUT2D eigenvalue weighted by molar-refractivity contribution is 8.71. The molecule has 14 nitrogen and oxygen atoms in total. The lowest BCUT2D eigenvalue weighted by molar-refractivity contribution is 0.0954. The third-order valence-electron chi connectivity index (χ3n) is 9.37. The molecule has 1 aromatic heterocycles. The van der Waals surface area contributed by atoms with Gasteiger partial charge in [-0.2, -0.15) is 0 Å². The number of rotatable bonds is 16. The van der Waals surface area contributed by atoms with Crippen LogP contribution >= 0.6 is 10.8 Å². The summed E-state index contributed by atoms with van der Waals surface area (Å²) >= 11 is 0. The lowest BCUT2D eigenvalue weighted by Crippen LogP contribution is -2.32. The highest BCUT2D eigenvalue weighted by atomic mass is 33.1. The number of hydrogen-bond acceptors (Lipinski definition) is 12. The third kappa shape index (κ3) is 10.4. The van der Waals surface area contributed by atoms with Gasteiger partial charge in [-0.3, -0.25) is 24.3 Å². The van der Waals surface area contributed by atoms with Crippen LogP contribution in [0.5, 0.6) is 23.0 Å². The Kier molecular flexibility index (Phi) is 11.7. The number of benzene rings is 4. The van der Waals surface area contributed by atoms with Gasteiger partial charge in [0.15, 0.2) is 31.9 Å². The van der Waals surface area contributed by atoms with Crippen molar-refractivity contribution in [3.63, 3.8) is 0 Å². The van der Waals surface area contributed by atoms with Crippen molar-refractivity contribution in [1.82, 2.24) is 15.2 Å². The van der Waals surface area contributed by atoms with E-state index < -0.39 is 38.8 Å². The van der Waals surface area contributed by atoms with Gasteiger partial charge in [0.1, 0.15) is 0 Å². The predicted octanol–water partition coefficient (Wildman–Crippen LogP) is 5.80. The van der Waals surface area contributed by atoms with Crippen molar-refractivity contribution in [3.05, 3.63) is 112 Å². The number of nitrogens with zero attached hydrogens (tertiary/aromatic N) is 2. The molecular formula is C42H45N5O9S2. The fourth-order valence-corrected chi connectivity index (χ4v) is 7.21. The largest absolute Gasteiger partial charge is 0.493 e. The molecule has 0 spiro atoms. The van der Waals surface area contributed by atoms with Crippen LogP contribution in [0.15, 0.2) is 79.0 Å². The fourth-order valence-electron chi connectivity index (χ4n) is 6.39. The molecule has 16 heteroatoms. The molecule has 0 saturated carbocycles. The summed E-state index contributed by atoms with van der Waals surface area (Å²) in [6.45, 7) is -0.540. The Morgan fingerprint density at radius 2 is 1.45 bits per heavy atom. The number of carbonyl (C=O) groups excluding carboxylic acids is 3. The lowest BCUT2D eigenvalue weighted by Gasteiger charge is -2.29. The van der Waals surface area contributed by atoms with Gasteiger partial charge >= 0.3 is 0 Å². The van der Waals surface area contributed by atoms with Crippen LogP contribution in [-0.4, -0.2) is 96.0 Å². The Morgan fingerprint density at radius 1 is 0.793 bits per heavy atom. The number of amides is 3. The van der Waals surface area contributed by atoms with E-state index >= 15 is 0 Å². The Morgan fingerprint density at radius 3 is 2.14 bits per heavy atom. The van der Waals surface area contributed by atoms with Gasteiger partial charge in [0.2, 0.25) is 0 Å². The molecule has 1 aliphatic rings. The smallest absolute Gasteiger partial charge is 0.257 e. The molecule has 5 aromatic rings. The first-order valence-electron chi connectivity index (χ1n) is 19.9. The van der Waals surface area contributed by atoms with E-state index in [0.717, 1.165) is 50.0 Å². The third-order valence-corrected chi connectivity index (χ3v) is 11.0. The second-order valence-electron chi connectivity index (χ2n) is 13.2. The molecule has 304 valence electrons. The summed E-state index contributed by atoms with van der Waals surface area (Å²) in [6, 6.07) is 20.0. The van der Waals surface area contributed by atoms with Gasteiger partial charge in [-0.05, 0) is 94.9 Å². The fraction of sp³-hybridized carbons (Fsp3) is 0.286. The minimum absolute atomic E-state index is 0.0386. The zero-order chi connectivity index (χ0) is 45.0. The number of hydrogen-bond donors (Lipinski definition) is 3. The van der Waals surface area contributed by atoms with Gasteiger partial charge in [-0.25, -0.2) is 8.42 Å². The molecule has 3 N–H and O–H groups in total. The van der Waals surface area contributed by atoms with E-state index in [1.54, 1.807) is 14.2 Å². The van der Waals surface area contributed by atoms with Crippen LogP contribution < -0.4 is 34.9 Å². The number of pyridine rings is 1. The first-order valence-corrected chi connectivity index (χ1v) is 21.1. The molecule has 0 aliphatic carbocycles. The predicted molar refractivity (Wildman–Crippen MR) is 226 cm³/mol. The first kappa shape index (κ1) is 36.5. The van der Waals surface area contributed by atoms with E-state index in [1.165, 1.54) is 67.9 Å². The van der Waals surface area contributed by atoms with Crippen molar-refractivity contribution in [3.8, 4) is 23.0 Å². The standard InChI is InChI=1S/C42H45N5O9S2/c1-53-36-20-27-13-16-47(25-31(27)21-37(36)54-2)15-12-26-6-9-32(10-7-26)45-42(50)33-22-38(55-3)39(56-4)23-35(33)46-41(49)30-19-29-18-28(8-11-34(29)44-24-30)40(48)43-14-17-57-58(5,51)52/h6-11,18-24H,12-17,25H2,1-5H3,(H,43,48)(H,45,50)(H,46,49)/i14D2,17D2. The number of fused-ring (bicyclic) bond motifs is 2. The second kappa shape index (κ2) is 18.6. The van der Waals surface area contributed by atoms with Crippen LogP contribution in [0.4, 0.5) is 11.4 Å². The monoisotopic (exact) mass is 831 g/mol. The van der Waals surface area contributed by atoms with Crippen molar-refractivity contribution in [2.24, 2.45) is 0 Å². The minimum Gasteiger partial charge on any atom is -0.493 e. The van der Waals surface area contributed by atoms with Crippen molar-refractivity contribution >= 4 is 59.7 Å². The van der Waals surface area contributed by atoms with Gasteiger partial charge in [-0.1, -0.05) is 12.1 Å². The summed E-state index contributed by atoms with van der Waals surface area (Å²) in [5.74, 6) is -0.319. The molecule has 0 fully saturated rings. The molecule has 0 unspecified atom stereocenters. The van der Waals surface area contributed by atoms with Crippen LogP contribution in [0.25, 0.3) is 10.9 Å². The van der Waals surface area contributed by atoms with Crippen molar-refractivity contribution in [2.45, 2.75) is 19.4 Å². The molecule has 6 rings (SSSR count). The number of ether oxygens (including phenoxy) is 4. The normalized spacial score (nSPS) is 14.2. The Hall–Kier alpha value is -5.84. The Balaban J connectivity index is 1.14. The topological polar surface area (TPSA) is 174 Å². The molecule has 1 aliphatic heterocycles.